The second-order valence-corrected chi connectivity index (χ2v) is 6.51. The van der Waals surface area contributed by atoms with Crippen molar-refractivity contribution in [2.24, 2.45) is 0 Å². The van der Waals surface area contributed by atoms with Crippen molar-refractivity contribution >= 4 is 39.9 Å². The molecular formula is C18H22BrClN2O2. The maximum Gasteiger partial charge on any atom is 0.251 e. The molecule has 0 spiro atoms. The lowest BCUT2D eigenvalue weighted by Crippen LogP contribution is -2.25. The topological polar surface area (TPSA) is 64.3 Å². The summed E-state index contributed by atoms with van der Waals surface area (Å²) < 4.78 is 6.47. The van der Waals surface area contributed by atoms with Gasteiger partial charge in [-0.25, -0.2) is 0 Å². The van der Waals surface area contributed by atoms with Gasteiger partial charge in [0.05, 0.1) is 6.10 Å². The van der Waals surface area contributed by atoms with Gasteiger partial charge >= 0.3 is 0 Å². The van der Waals surface area contributed by atoms with E-state index in [4.69, 9.17) is 10.5 Å². The van der Waals surface area contributed by atoms with E-state index in [0.717, 1.165) is 22.1 Å². The lowest BCUT2D eigenvalue weighted by molar-refractivity contribution is 0.0953. The minimum atomic E-state index is -0.115. The van der Waals surface area contributed by atoms with Gasteiger partial charge in [-0.15, -0.1) is 12.4 Å². The van der Waals surface area contributed by atoms with Gasteiger partial charge in [0.15, 0.2) is 0 Å². The minimum Gasteiger partial charge on any atom is -0.491 e. The molecule has 1 amide bonds. The first-order chi connectivity index (χ1) is 10.9. The number of ether oxygens (including phenoxy) is 1. The van der Waals surface area contributed by atoms with Gasteiger partial charge in [-0.2, -0.15) is 0 Å². The van der Waals surface area contributed by atoms with Crippen molar-refractivity contribution in [2.45, 2.75) is 26.4 Å². The molecule has 6 heteroatoms. The van der Waals surface area contributed by atoms with E-state index in [2.05, 4.69) is 21.2 Å². The summed E-state index contributed by atoms with van der Waals surface area (Å²) in [5, 5.41) is 2.92. The first-order valence-electron chi connectivity index (χ1n) is 7.54. The Balaban J connectivity index is 0.00000288. The molecule has 0 aliphatic rings. The largest absolute Gasteiger partial charge is 0.491 e. The van der Waals surface area contributed by atoms with Gasteiger partial charge in [0.25, 0.3) is 5.91 Å². The number of rotatable bonds is 6. The van der Waals surface area contributed by atoms with Crippen molar-refractivity contribution in [1.82, 2.24) is 5.32 Å². The lowest BCUT2D eigenvalue weighted by atomic mass is 10.1. The monoisotopic (exact) mass is 412 g/mol. The lowest BCUT2D eigenvalue weighted by Gasteiger charge is -2.12. The van der Waals surface area contributed by atoms with Crippen LogP contribution in [0.4, 0.5) is 5.69 Å². The molecule has 0 heterocycles. The van der Waals surface area contributed by atoms with Crippen LogP contribution in [0.25, 0.3) is 0 Å². The first kappa shape index (κ1) is 20.3. The molecule has 0 radical (unpaired) electrons. The van der Waals surface area contributed by atoms with Crippen LogP contribution in [0, 0.1) is 0 Å². The van der Waals surface area contributed by atoms with Crippen LogP contribution in [0.2, 0.25) is 0 Å². The van der Waals surface area contributed by atoms with E-state index in [1.807, 2.05) is 44.2 Å². The van der Waals surface area contributed by atoms with Gasteiger partial charge < -0.3 is 15.8 Å². The van der Waals surface area contributed by atoms with Crippen molar-refractivity contribution in [3.8, 4) is 5.75 Å². The molecule has 4 nitrogen and oxygen atoms in total. The van der Waals surface area contributed by atoms with E-state index in [1.54, 1.807) is 12.1 Å². The molecule has 0 aliphatic carbocycles. The van der Waals surface area contributed by atoms with Crippen LogP contribution < -0.4 is 15.8 Å². The Bertz CT molecular complexity index is 675. The van der Waals surface area contributed by atoms with Crippen LogP contribution in [0.5, 0.6) is 5.75 Å². The van der Waals surface area contributed by atoms with Gasteiger partial charge in [-0.05, 0) is 56.2 Å². The van der Waals surface area contributed by atoms with Crippen LogP contribution in [0.1, 0.15) is 29.8 Å². The van der Waals surface area contributed by atoms with Crippen molar-refractivity contribution in [1.29, 1.82) is 0 Å². The highest BCUT2D eigenvalue weighted by Gasteiger charge is 2.09. The van der Waals surface area contributed by atoms with Gasteiger partial charge in [0, 0.05) is 22.3 Å². The predicted octanol–water partition coefficient (Wildman–Crippen LogP) is 4.21. The van der Waals surface area contributed by atoms with E-state index in [-0.39, 0.29) is 24.4 Å². The maximum atomic E-state index is 12.3. The molecule has 0 aromatic heterocycles. The van der Waals surface area contributed by atoms with Crippen molar-refractivity contribution in [2.75, 3.05) is 12.3 Å². The molecule has 2 rings (SSSR count). The average molecular weight is 414 g/mol. The summed E-state index contributed by atoms with van der Waals surface area (Å²) in [6.45, 7) is 4.47. The maximum absolute atomic E-state index is 12.3. The summed E-state index contributed by atoms with van der Waals surface area (Å²) >= 11 is 3.41. The Labute approximate surface area is 157 Å². The molecular weight excluding hydrogens is 392 g/mol. The van der Waals surface area contributed by atoms with Crippen molar-refractivity contribution in [3.05, 3.63) is 58.1 Å². The number of anilines is 1. The molecule has 0 unspecified atom stereocenters. The molecule has 2 aromatic rings. The Hall–Kier alpha value is -1.72. The zero-order valence-corrected chi connectivity index (χ0v) is 16.1. The van der Waals surface area contributed by atoms with Crippen LogP contribution in [0.3, 0.4) is 0 Å². The third kappa shape index (κ3) is 6.42. The zero-order chi connectivity index (χ0) is 16.8. The van der Waals surface area contributed by atoms with Gasteiger partial charge in [-0.1, -0.05) is 28.1 Å². The quantitative estimate of drug-likeness (QED) is 0.697. The third-order valence-electron chi connectivity index (χ3n) is 3.18. The number of halogens is 2. The number of hydrogen-bond acceptors (Lipinski definition) is 3. The molecule has 24 heavy (non-hydrogen) atoms. The summed E-state index contributed by atoms with van der Waals surface area (Å²) in [5.74, 6) is 0.563. The van der Waals surface area contributed by atoms with E-state index in [0.29, 0.717) is 17.9 Å². The SMILES string of the molecule is CC(C)Oc1cc(Br)cc(C(=O)NCCc2ccc(N)cc2)c1.Cl. The molecule has 0 saturated carbocycles. The van der Waals surface area contributed by atoms with Gasteiger partial charge in [0.1, 0.15) is 5.75 Å². The van der Waals surface area contributed by atoms with E-state index in [9.17, 15) is 4.79 Å². The van der Waals surface area contributed by atoms with Gasteiger partial charge in [0.2, 0.25) is 0 Å². The van der Waals surface area contributed by atoms with Crippen molar-refractivity contribution in [3.63, 3.8) is 0 Å². The van der Waals surface area contributed by atoms with Crippen LogP contribution in [-0.4, -0.2) is 18.6 Å². The second-order valence-electron chi connectivity index (χ2n) is 5.59. The molecule has 0 bridgehead atoms. The highest BCUT2D eigenvalue weighted by atomic mass is 79.9. The van der Waals surface area contributed by atoms with E-state index in [1.165, 1.54) is 0 Å². The zero-order valence-electron chi connectivity index (χ0n) is 13.7. The highest BCUT2D eigenvalue weighted by molar-refractivity contribution is 9.10. The Kier molecular flexibility index (Phi) is 8.08. The third-order valence-corrected chi connectivity index (χ3v) is 3.64. The number of carbonyl (C=O) groups is 1. The van der Waals surface area contributed by atoms with Crippen LogP contribution >= 0.6 is 28.3 Å². The fourth-order valence-electron chi connectivity index (χ4n) is 2.14. The smallest absolute Gasteiger partial charge is 0.251 e. The molecule has 0 fully saturated rings. The summed E-state index contributed by atoms with van der Waals surface area (Å²) in [4.78, 5) is 12.3. The second kappa shape index (κ2) is 9.55. The molecule has 0 atom stereocenters. The summed E-state index contributed by atoms with van der Waals surface area (Å²) in [6, 6.07) is 13.0. The van der Waals surface area contributed by atoms with Gasteiger partial charge in [-0.3, -0.25) is 4.79 Å². The number of carbonyl (C=O) groups excluding carboxylic acids is 1. The summed E-state index contributed by atoms with van der Waals surface area (Å²) in [5.41, 5.74) is 8.11. The number of nitrogen functional groups attached to an aromatic ring is 1. The minimum absolute atomic E-state index is 0. The number of amides is 1. The fourth-order valence-corrected chi connectivity index (χ4v) is 2.61. The molecule has 2 aromatic carbocycles. The number of nitrogens with two attached hydrogens (primary N) is 1. The Morgan fingerprint density at radius 3 is 2.50 bits per heavy atom. The first-order valence-corrected chi connectivity index (χ1v) is 8.33. The van der Waals surface area contributed by atoms with E-state index < -0.39 is 0 Å². The van der Waals surface area contributed by atoms with Crippen LogP contribution in [0.15, 0.2) is 46.9 Å². The van der Waals surface area contributed by atoms with Crippen LogP contribution in [-0.2, 0) is 6.42 Å². The number of benzene rings is 2. The standard InChI is InChI=1S/C18H21BrN2O2.ClH/c1-12(2)23-17-10-14(9-15(19)11-17)18(22)21-8-7-13-3-5-16(20)6-4-13;/h3-6,9-12H,7-8,20H2,1-2H3,(H,21,22);1H. The highest BCUT2D eigenvalue weighted by Crippen LogP contribution is 2.22. The molecule has 130 valence electrons. The summed E-state index contributed by atoms with van der Waals surface area (Å²) in [6.07, 6.45) is 0.820. The predicted molar refractivity (Wildman–Crippen MR) is 104 cm³/mol. The number of hydrogen-bond donors (Lipinski definition) is 2. The Morgan fingerprint density at radius 2 is 1.88 bits per heavy atom. The normalized spacial score (nSPS) is 10.2. The Morgan fingerprint density at radius 1 is 1.21 bits per heavy atom. The molecule has 3 N–H and O–H groups in total. The fraction of sp³-hybridized carbons (Fsp3) is 0.278. The molecule has 0 saturated heterocycles. The average Bonchev–Trinajstić information content (AvgIpc) is 2.48. The van der Waals surface area contributed by atoms with E-state index >= 15 is 0 Å². The van der Waals surface area contributed by atoms with Crippen molar-refractivity contribution < 1.29 is 9.53 Å². The number of nitrogens with one attached hydrogen (secondary N) is 1. The molecule has 0 aliphatic heterocycles. The summed E-state index contributed by atoms with van der Waals surface area (Å²) in [7, 11) is 0.